The lowest BCUT2D eigenvalue weighted by molar-refractivity contribution is -0.164. The molecule has 3 aliphatic heterocycles. The predicted octanol–water partition coefficient (Wildman–Crippen LogP) is 2.95. The van der Waals surface area contributed by atoms with Crippen LogP contribution < -0.4 is 0 Å². The van der Waals surface area contributed by atoms with Crippen LogP contribution in [-0.2, 0) is 23.9 Å². The molecule has 8 heteroatoms. The number of aliphatic hydroxyl groups is 1. The zero-order chi connectivity index (χ0) is 27.0. The highest BCUT2D eigenvalue weighted by Gasteiger charge is 2.80. The maximum absolute atomic E-state index is 14.4. The maximum atomic E-state index is 14.4. The van der Waals surface area contributed by atoms with Crippen LogP contribution in [0.1, 0.15) is 60.8 Å². The molecule has 2 bridgehead atoms. The number of amides is 2. The van der Waals surface area contributed by atoms with Gasteiger partial charge in [0.2, 0.25) is 11.8 Å². The van der Waals surface area contributed by atoms with Gasteiger partial charge in [0.05, 0.1) is 24.2 Å². The Labute approximate surface area is 215 Å². The molecule has 3 saturated heterocycles. The molecule has 0 aromatic rings. The third-order valence-corrected chi connectivity index (χ3v) is 8.75. The van der Waals surface area contributed by atoms with Crippen molar-refractivity contribution in [2.24, 2.45) is 23.7 Å². The molecule has 0 aliphatic carbocycles. The highest BCUT2D eigenvalue weighted by Crippen LogP contribution is 2.65. The molecule has 3 fully saturated rings. The van der Waals surface area contributed by atoms with Gasteiger partial charge < -0.3 is 24.4 Å². The predicted molar refractivity (Wildman–Crippen MR) is 137 cm³/mol. The van der Waals surface area contributed by atoms with Gasteiger partial charge in [0.25, 0.3) is 0 Å². The molecule has 2 amide bonds. The van der Waals surface area contributed by atoms with Crippen LogP contribution in [0.3, 0.4) is 0 Å². The summed E-state index contributed by atoms with van der Waals surface area (Å²) in [5.41, 5.74) is -2.11. The van der Waals surface area contributed by atoms with Crippen molar-refractivity contribution in [3.63, 3.8) is 0 Å². The van der Waals surface area contributed by atoms with Gasteiger partial charge in [-0.25, -0.2) is 0 Å². The molecule has 8 nitrogen and oxygen atoms in total. The smallest absolute Gasteiger partial charge is 0.313 e. The van der Waals surface area contributed by atoms with E-state index < -0.39 is 41.1 Å². The Hall–Kier alpha value is -2.19. The average molecular weight is 505 g/mol. The molecule has 0 aromatic carbocycles. The van der Waals surface area contributed by atoms with Crippen LogP contribution >= 0.6 is 0 Å². The molecular formula is C28H44N2O6. The summed E-state index contributed by atoms with van der Waals surface area (Å²) in [5.74, 6) is -2.94. The first kappa shape index (κ1) is 28.4. The minimum Gasteiger partial charge on any atom is -0.461 e. The lowest BCUT2D eigenvalue weighted by atomic mass is 9.62. The highest BCUT2D eigenvalue weighted by atomic mass is 16.6. The molecule has 4 unspecified atom stereocenters. The van der Waals surface area contributed by atoms with Crippen LogP contribution in [0.5, 0.6) is 0 Å². The van der Waals surface area contributed by atoms with Crippen LogP contribution in [-0.4, -0.2) is 81.8 Å². The molecule has 8 atom stereocenters. The fraction of sp³-hybridized carbons (Fsp3) is 0.750. The highest BCUT2D eigenvalue weighted by molar-refractivity contribution is 5.99. The lowest BCUT2D eigenvalue weighted by Crippen LogP contribution is -2.60. The largest absolute Gasteiger partial charge is 0.461 e. The number of nitrogens with zero attached hydrogens (tertiary/aromatic N) is 2. The summed E-state index contributed by atoms with van der Waals surface area (Å²) in [6.07, 6.45) is 5.36. The van der Waals surface area contributed by atoms with Crippen LogP contribution in [0.25, 0.3) is 0 Å². The molecule has 0 saturated carbocycles. The fourth-order valence-corrected chi connectivity index (χ4v) is 6.88. The summed E-state index contributed by atoms with van der Waals surface area (Å²) in [6, 6.07) is -1.61. The van der Waals surface area contributed by atoms with E-state index in [1.807, 2.05) is 34.6 Å². The van der Waals surface area contributed by atoms with E-state index in [0.29, 0.717) is 13.0 Å². The van der Waals surface area contributed by atoms with Crippen molar-refractivity contribution in [3.8, 4) is 0 Å². The van der Waals surface area contributed by atoms with E-state index >= 15 is 0 Å². The van der Waals surface area contributed by atoms with Crippen LogP contribution in [0.4, 0.5) is 0 Å². The van der Waals surface area contributed by atoms with Gasteiger partial charge in [-0.3, -0.25) is 14.4 Å². The second-order valence-electron chi connectivity index (χ2n) is 11.3. The molecule has 36 heavy (non-hydrogen) atoms. The Balaban J connectivity index is 2.18. The van der Waals surface area contributed by atoms with E-state index in [2.05, 4.69) is 20.1 Å². The third kappa shape index (κ3) is 4.20. The zero-order valence-electron chi connectivity index (χ0n) is 22.7. The summed E-state index contributed by atoms with van der Waals surface area (Å²) in [7, 11) is 0. The van der Waals surface area contributed by atoms with Crippen molar-refractivity contribution in [1.82, 2.24) is 9.80 Å². The van der Waals surface area contributed by atoms with E-state index in [4.69, 9.17) is 9.47 Å². The Morgan fingerprint density at radius 1 is 1.31 bits per heavy atom. The fourth-order valence-electron chi connectivity index (χ4n) is 6.88. The van der Waals surface area contributed by atoms with E-state index in [1.165, 1.54) is 11.0 Å². The molecule has 3 heterocycles. The second kappa shape index (κ2) is 10.7. The SMILES string of the molecule is C=CCOC(=O)[C@@H]1[C@H]2C(=O)N([C@@H](CO)C(C)C)C(C(=O)N(CC=C)C(C)CCC)C23CC(C)[C@@]1(C)O3. The number of ether oxygens (including phenoxy) is 2. The third-order valence-electron chi connectivity index (χ3n) is 8.75. The number of carbonyl (C=O) groups excluding carboxylic acids is 3. The van der Waals surface area contributed by atoms with E-state index in [-0.39, 0.29) is 42.9 Å². The van der Waals surface area contributed by atoms with E-state index in [0.717, 1.165) is 12.8 Å². The first-order valence-corrected chi connectivity index (χ1v) is 13.3. The van der Waals surface area contributed by atoms with Crippen LogP contribution in [0.2, 0.25) is 0 Å². The molecule has 3 rings (SSSR count). The molecule has 1 spiro atoms. The van der Waals surface area contributed by atoms with Crippen molar-refractivity contribution in [2.45, 2.75) is 90.1 Å². The van der Waals surface area contributed by atoms with Crippen molar-refractivity contribution in [2.75, 3.05) is 19.8 Å². The minimum atomic E-state index is -1.17. The quantitative estimate of drug-likeness (QED) is 0.324. The number of fused-ring (bicyclic) bond motifs is 1. The maximum Gasteiger partial charge on any atom is 0.313 e. The number of carbonyl (C=O) groups is 3. The molecule has 0 aromatic heterocycles. The average Bonchev–Trinajstić information content (AvgIpc) is 3.33. The van der Waals surface area contributed by atoms with Gasteiger partial charge in [-0.2, -0.15) is 0 Å². The van der Waals surface area contributed by atoms with Gasteiger partial charge in [0.15, 0.2) is 0 Å². The number of hydrogen-bond donors (Lipinski definition) is 1. The summed E-state index contributed by atoms with van der Waals surface area (Å²) in [6.45, 7) is 19.3. The Bertz CT molecular complexity index is 889. The van der Waals surface area contributed by atoms with E-state index in [9.17, 15) is 19.5 Å². The molecule has 3 aliphatic rings. The summed E-state index contributed by atoms with van der Waals surface area (Å²) < 4.78 is 12.2. The Kier molecular flexibility index (Phi) is 8.40. The number of rotatable bonds is 12. The van der Waals surface area contributed by atoms with Crippen molar-refractivity contribution in [3.05, 3.63) is 25.3 Å². The molecule has 202 valence electrons. The topological polar surface area (TPSA) is 96.4 Å². The summed E-state index contributed by atoms with van der Waals surface area (Å²) >= 11 is 0. The number of likely N-dealkylation sites (tertiary alicyclic amines) is 1. The number of esters is 1. The minimum absolute atomic E-state index is 0.0344. The molecule has 0 radical (unpaired) electrons. The van der Waals surface area contributed by atoms with Crippen molar-refractivity contribution < 1.29 is 29.0 Å². The lowest BCUT2D eigenvalue weighted by Gasteiger charge is -2.42. The monoisotopic (exact) mass is 504 g/mol. The molecule has 1 N–H and O–H groups in total. The van der Waals surface area contributed by atoms with Gasteiger partial charge >= 0.3 is 5.97 Å². The number of hydrogen-bond acceptors (Lipinski definition) is 6. The van der Waals surface area contributed by atoms with Gasteiger partial charge in [-0.1, -0.05) is 52.8 Å². The van der Waals surface area contributed by atoms with Gasteiger partial charge in [0, 0.05) is 12.6 Å². The zero-order valence-corrected chi connectivity index (χ0v) is 22.7. The van der Waals surface area contributed by atoms with Crippen LogP contribution in [0, 0.1) is 23.7 Å². The summed E-state index contributed by atoms with van der Waals surface area (Å²) in [5, 5.41) is 10.4. The van der Waals surface area contributed by atoms with Gasteiger partial charge in [-0.15, -0.1) is 6.58 Å². The van der Waals surface area contributed by atoms with Gasteiger partial charge in [0.1, 0.15) is 24.2 Å². The first-order chi connectivity index (χ1) is 17.0. The Morgan fingerprint density at radius 3 is 2.50 bits per heavy atom. The second-order valence-corrected chi connectivity index (χ2v) is 11.3. The molecular weight excluding hydrogens is 460 g/mol. The Morgan fingerprint density at radius 2 is 1.97 bits per heavy atom. The van der Waals surface area contributed by atoms with Crippen molar-refractivity contribution in [1.29, 1.82) is 0 Å². The number of aliphatic hydroxyl groups excluding tert-OH is 1. The first-order valence-electron chi connectivity index (χ1n) is 13.3. The van der Waals surface area contributed by atoms with Crippen LogP contribution in [0.15, 0.2) is 25.3 Å². The van der Waals surface area contributed by atoms with Gasteiger partial charge in [-0.05, 0) is 38.5 Å². The standard InChI is InChI=1S/C28H44N2O6/c1-9-12-19(7)29(13-10-2)25(33)23-28-15-18(6)27(8,36-28)22(26(34)35-14-11-3)21(28)24(32)30(23)20(16-31)17(4)5/h10-11,17-23,31H,2-3,9,12-16H2,1,4-8H3/t18?,19?,20-,21-,22-,23?,27+,28?/m0/s1. The normalized spacial score (nSPS) is 34.4. The summed E-state index contributed by atoms with van der Waals surface area (Å²) in [4.78, 5) is 45.3. The van der Waals surface area contributed by atoms with Crippen molar-refractivity contribution >= 4 is 17.8 Å². The van der Waals surface area contributed by atoms with E-state index in [1.54, 1.807) is 11.0 Å².